The number of benzene rings is 2. The van der Waals surface area contributed by atoms with Gasteiger partial charge in [-0.1, -0.05) is 18.2 Å². The van der Waals surface area contributed by atoms with Crippen LogP contribution >= 0.6 is 0 Å². The van der Waals surface area contributed by atoms with Crippen LogP contribution in [0.25, 0.3) is 22.2 Å². The van der Waals surface area contributed by atoms with Crippen LogP contribution in [0.3, 0.4) is 0 Å². The minimum absolute atomic E-state index is 0.416. The highest BCUT2D eigenvalue weighted by molar-refractivity contribution is 6.03. The summed E-state index contributed by atoms with van der Waals surface area (Å²) < 4.78 is 0. The van der Waals surface area contributed by atoms with Crippen LogP contribution in [0.5, 0.6) is 0 Å². The van der Waals surface area contributed by atoms with E-state index >= 15 is 0 Å². The maximum Gasteiger partial charge on any atom is 0.337 e. The van der Waals surface area contributed by atoms with E-state index in [2.05, 4.69) is 26.1 Å². The molecule has 2 aromatic heterocycles. The molecule has 2 heterocycles. The largest absolute Gasteiger partial charge is 0.360 e. The number of carbonyl (C=O) groups excluding carboxylic acids is 2. The molecule has 0 spiro atoms. The molecule has 1 aliphatic rings. The van der Waals surface area contributed by atoms with Gasteiger partial charge in [-0.05, 0) is 43.2 Å². The molecule has 0 aliphatic heterocycles. The van der Waals surface area contributed by atoms with Crippen molar-refractivity contribution in [1.82, 2.24) is 25.8 Å². The number of aromatic nitrogens is 3. The van der Waals surface area contributed by atoms with Crippen LogP contribution in [-0.4, -0.2) is 26.9 Å². The molecule has 154 valence electrons. The lowest BCUT2D eigenvalue weighted by molar-refractivity contribution is 0.0938. The molecule has 2 aromatic carbocycles. The van der Waals surface area contributed by atoms with E-state index < -0.39 is 11.9 Å². The monoisotopic (exact) mass is 412 g/mol. The van der Waals surface area contributed by atoms with Gasteiger partial charge in [-0.3, -0.25) is 15.2 Å². The molecule has 5 rings (SSSR count). The number of hydrazine groups is 1. The van der Waals surface area contributed by atoms with Crippen molar-refractivity contribution in [2.75, 3.05) is 5.32 Å². The van der Waals surface area contributed by atoms with Gasteiger partial charge in [-0.2, -0.15) is 0 Å². The molecule has 1 aliphatic carbocycles. The normalized spacial score (nSPS) is 13.0. The van der Waals surface area contributed by atoms with Crippen LogP contribution < -0.4 is 16.2 Å². The zero-order valence-electron chi connectivity index (χ0n) is 16.6. The smallest absolute Gasteiger partial charge is 0.337 e. The number of rotatable bonds is 4. The van der Waals surface area contributed by atoms with Crippen LogP contribution in [0.1, 0.15) is 34.8 Å². The first kappa shape index (κ1) is 18.8. The van der Waals surface area contributed by atoms with Gasteiger partial charge in [0.1, 0.15) is 0 Å². The van der Waals surface area contributed by atoms with Crippen molar-refractivity contribution >= 4 is 28.5 Å². The Labute approximate surface area is 178 Å². The summed E-state index contributed by atoms with van der Waals surface area (Å²) in [5, 5.41) is 3.50. The van der Waals surface area contributed by atoms with E-state index in [1.165, 1.54) is 0 Å². The standard InChI is InChI=1S/C23H20N6O2/c30-22(28-29-23(31)26-16-4-2-1-3-5-16)15-8-9-19-17(10-15)18(11-25-19)21-13-24-12-20(27-21)14-6-7-14/h1-5,8-14,25H,6-7H2,(H,28,30)(H2,26,29,31). The van der Waals surface area contributed by atoms with E-state index in [9.17, 15) is 9.59 Å². The van der Waals surface area contributed by atoms with Gasteiger partial charge in [0.25, 0.3) is 5.91 Å². The molecule has 8 heteroatoms. The third kappa shape index (κ3) is 4.09. The van der Waals surface area contributed by atoms with E-state index in [4.69, 9.17) is 4.98 Å². The van der Waals surface area contributed by atoms with Gasteiger partial charge in [0.15, 0.2) is 0 Å². The lowest BCUT2D eigenvalue weighted by Crippen LogP contribution is -2.43. The molecule has 0 radical (unpaired) electrons. The predicted molar refractivity (Wildman–Crippen MR) is 117 cm³/mol. The van der Waals surface area contributed by atoms with Crippen molar-refractivity contribution in [2.45, 2.75) is 18.8 Å². The molecule has 0 bridgehead atoms. The van der Waals surface area contributed by atoms with Gasteiger partial charge in [0.2, 0.25) is 0 Å². The number of para-hydroxylation sites is 1. The van der Waals surface area contributed by atoms with E-state index in [-0.39, 0.29) is 0 Å². The van der Waals surface area contributed by atoms with Crippen molar-refractivity contribution in [3.63, 3.8) is 0 Å². The molecule has 3 amide bonds. The molecule has 1 fully saturated rings. The molecule has 8 nitrogen and oxygen atoms in total. The second kappa shape index (κ2) is 7.91. The Hall–Kier alpha value is -4.20. The van der Waals surface area contributed by atoms with Crippen LogP contribution in [0.4, 0.5) is 10.5 Å². The first-order valence-corrected chi connectivity index (χ1v) is 10.0. The number of urea groups is 1. The van der Waals surface area contributed by atoms with E-state index in [0.717, 1.165) is 40.7 Å². The fourth-order valence-electron chi connectivity index (χ4n) is 3.43. The maximum atomic E-state index is 12.6. The third-order valence-electron chi connectivity index (χ3n) is 5.19. The highest BCUT2D eigenvalue weighted by atomic mass is 16.2. The lowest BCUT2D eigenvalue weighted by Gasteiger charge is -2.09. The molecule has 31 heavy (non-hydrogen) atoms. The number of nitrogens with zero attached hydrogens (tertiary/aromatic N) is 2. The fourth-order valence-corrected chi connectivity index (χ4v) is 3.43. The molecular weight excluding hydrogens is 392 g/mol. The van der Waals surface area contributed by atoms with Crippen molar-refractivity contribution in [3.05, 3.63) is 78.4 Å². The number of H-pyrrole nitrogens is 1. The molecule has 0 saturated heterocycles. The van der Waals surface area contributed by atoms with Crippen LogP contribution in [0.15, 0.2) is 67.1 Å². The number of amides is 3. The second-order valence-corrected chi connectivity index (χ2v) is 7.47. The molecule has 4 aromatic rings. The number of fused-ring (bicyclic) bond motifs is 1. The summed E-state index contributed by atoms with van der Waals surface area (Å²) in [6.07, 6.45) is 7.73. The Kier molecular flexibility index (Phi) is 4.80. The fraction of sp³-hybridized carbons (Fsp3) is 0.130. The van der Waals surface area contributed by atoms with E-state index in [1.54, 1.807) is 30.5 Å². The third-order valence-corrected chi connectivity index (χ3v) is 5.19. The van der Waals surface area contributed by atoms with E-state index in [0.29, 0.717) is 17.2 Å². The summed E-state index contributed by atoms with van der Waals surface area (Å²) in [4.78, 5) is 36.9. The van der Waals surface area contributed by atoms with Gasteiger partial charge in [-0.25, -0.2) is 15.2 Å². The van der Waals surface area contributed by atoms with Crippen molar-refractivity contribution in [1.29, 1.82) is 0 Å². The average molecular weight is 412 g/mol. The summed E-state index contributed by atoms with van der Waals surface area (Å²) in [7, 11) is 0. The van der Waals surface area contributed by atoms with Crippen molar-refractivity contribution < 1.29 is 9.59 Å². The zero-order valence-corrected chi connectivity index (χ0v) is 16.6. The number of hydrogen-bond acceptors (Lipinski definition) is 4. The summed E-state index contributed by atoms with van der Waals surface area (Å²) in [6.45, 7) is 0. The first-order chi connectivity index (χ1) is 15.2. The molecule has 4 N–H and O–H groups in total. The summed E-state index contributed by atoms with van der Waals surface area (Å²) >= 11 is 0. The topological polar surface area (TPSA) is 112 Å². The molecule has 0 atom stereocenters. The van der Waals surface area contributed by atoms with Gasteiger partial charge in [0, 0.05) is 46.0 Å². The van der Waals surface area contributed by atoms with Gasteiger partial charge in [-0.15, -0.1) is 0 Å². The average Bonchev–Trinajstić information content (AvgIpc) is 3.57. The molecular formula is C23H20N6O2. The SMILES string of the molecule is O=C(NNC(=O)c1ccc2[nH]cc(-c3cncc(C4CC4)n3)c2c1)Nc1ccccc1. The van der Waals surface area contributed by atoms with Crippen LogP contribution in [0, 0.1) is 0 Å². The Balaban J connectivity index is 1.32. The van der Waals surface area contributed by atoms with Crippen LogP contribution in [0.2, 0.25) is 0 Å². The Morgan fingerprint density at radius 3 is 2.65 bits per heavy atom. The Morgan fingerprint density at radius 1 is 1.00 bits per heavy atom. The number of carbonyl (C=O) groups is 2. The minimum Gasteiger partial charge on any atom is -0.360 e. The summed E-state index contributed by atoms with van der Waals surface area (Å²) in [5.41, 5.74) is 9.39. The first-order valence-electron chi connectivity index (χ1n) is 10.0. The highest BCUT2D eigenvalue weighted by Crippen LogP contribution is 2.39. The molecule has 1 saturated carbocycles. The molecule has 0 unspecified atom stereocenters. The van der Waals surface area contributed by atoms with Crippen molar-refractivity contribution in [2.24, 2.45) is 0 Å². The predicted octanol–water partition coefficient (Wildman–Crippen LogP) is 3.97. The highest BCUT2D eigenvalue weighted by Gasteiger charge is 2.25. The Bertz CT molecular complexity index is 1260. The van der Waals surface area contributed by atoms with Gasteiger partial charge < -0.3 is 10.3 Å². The summed E-state index contributed by atoms with van der Waals surface area (Å²) in [6, 6.07) is 13.7. The van der Waals surface area contributed by atoms with Crippen molar-refractivity contribution in [3.8, 4) is 11.3 Å². The number of aromatic amines is 1. The van der Waals surface area contributed by atoms with Gasteiger partial charge >= 0.3 is 6.03 Å². The zero-order chi connectivity index (χ0) is 21.2. The maximum absolute atomic E-state index is 12.6. The Morgan fingerprint density at radius 2 is 1.84 bits per heavy atom. The quantitative estimate of drug-likeness (QED) is 0.380. The van der Waals surface area contributed by atoms with Crippen LogP contribution in [-0.2, 0) is 0 Å². The number of nitrogens with one attached hydrogen (secondary N) is 4. The minimum atomic E-state index is -0.532. The second-order valence-electron chi connectivity index (χ2n) is 7.47. The van der Waals surface area contributed by atoms with E-state index in [1.807, 2.05) is 36.7 Å². The lowest BCUT2D eigenvalue weighted by atomic mass is 10.1. The number of hydrogen-bond donors (Lipinski definition) is 4. The summed E-state index contributed by atoms with van der Waals surface area (Å²) in [5.74, 6) is 0.0854. The number of anilines is 1. The van der Waals surface area contributed by atoms with Gasteiger partial charge in [0.05, 0.1) is 17.6 Å².